The van der Waals surface area contributed by atoms with Crippen LogP contribution in [0.1, 0.15) is 79.0 Å². The van der Waals surface area contributed by atoms with Crippen molar-refractivity contribution in [3.8, 4) is 22.3 Å². The molecule has 0 spiro atoms. The van der Waals surface area contributed by atoms with E-state index in [0.717, 1.165) is 0 Å². The first-order chi connectivity index (χ1) is 17.2. The fourth-order valence-corrected chi connectivity index (χ4v) is 6.58. The Hall–Kier alpha value is -2.90. The van der Waals surface area contributed by atoms with Gasteiger partial charge in [0, 0.05) is 20.2 Å². The van der Waals surface area contributed by atoms with Crippen molar-refractivity contribution >= 4 is 31.5 Å². The highest BCUT2D eigenvalue weighted by Crippen LogP contribution is 2.48. The summed E-state index contributed by atoms with van der Waals surface area (Å²) < 4.78 is 2.73. The van der Waals surface area contributed by atoms with Gasteiger partial charge in [0.05, 0.1) is 0 Å². The molecule has 5 rings (SSSR count). The molecule has 0 saturated heterocycles. The molecule has 0 bridgehead atoms. The van der Waals surface area contributed by atoms with Crippen molar-refractivity contribution in [2.75, 3.05) is 0 Å². The van der Waals surface area contributed by atoms with E-state index < -0.39 is 0 Å². The van der Waals surface area contributed by atoms with E-state index in [9.17, 15) is 0 Å². The molecule has 1 heterocycles. The molecule has 37 heavy (non-hydrogen) atoms. The van der Waals surface area contributed by atoms with Crippen molar-refractivity contribution < 1.29 is 0 Å². The predicted molar refractivity (Wildman–Crippen MR) is 166 cm³/mol. The van der Waals surface area contributed by atoms with Crippen molar-refractivity contribution in [3.05, 3.63) is 95.6 Å². The van der Waals surface area contributed by atoms with E-state index in [4.69, 9.17) is 0 Å². The van der Waals surface area contributed by atoms with Crippen LogP contribution in [-0.2, 0) is 16.2 Å². The van der Waals surface area contributed by atoms with Gasteiger partial charge in [0.15, 0.2) is 0 Å². The molecule has 4 aromatic carbocycles. The van der Waals surface area contributed by atoms with Gasteiger partial charge in [-0.25, -0.2) is 0 Å². The second kappa shape index (κ2) is 8.84. The minimum Gasteiger partial charge on any atom is -0.135 e. The highest BCUT2D eigenvalue weighted by molar-refractivity contribution is 7.26. The average Bonchev–Trinajstić information content (AvgIpc) is 3.20. The van der Waals surface area contributed by atoms with E-state index >= 15 is 0 Å². The molecule has 0 radical (unpaired) electrons. The van der Waals surface area contributed by atoms with Gasteiger partial charge in [0.2, 0.25) is 0 Å². The summed E-state index contributed by atoms with van der Waals surface area (Å²) >= 11 is 1.92. The van der Waals surface area contributed by atoms with Crippen molar-refractivity contribution in [1.29, 1.82) is 0 Å². The molecular formula is C36H40S. The van der Waals surface area contributed by atoms with Crippen LogP contribution in [0.15, 0.2) is 78.9 Å². The summed E-state index contributed by atoms with van der Waals surface area (Å²) in [5.41, 5.74) is 9.69. The third-order valence-electron chi connectivity index (χ3n) is 7.47. The first-order valence-corrected chi connectivity index (χ1v) is 14.3. The van der Waals surface area contributed by atoms with E-state index in [0.29, 0.717) is 0 Å². The van der Waals surface area contributed by atoms with Gasteiger partial charge < -0.3 is 0 Å². The maximum Gasteiger partial charge on any atom is 0.0361 e. The number of thiophene rings is 1. The van der Waals surface area contributed by atoms with Gasteiger partial charge in [-0.05, 0) is 67.3 Å². The number of rotatable bonds is 2. The molecule has 0 N–H and O–H groups in total. The molecule has 190 valence electrons. The van der Waals surface area contributed by atoms with Crippen LogP contribution in [0.5, 0.6) is 0 Å². The number of hydrogen-bond donors (Lipinski definition) is 0. The smallest absolute Gasteiger partial charge is 0.0361 e. The van der Waals surface area contributed by atoms with Gasteiger partial charge in [-0.2, -0.15) is 0 Å². The fourth-order valence-electron chi connectivity index (χ4n) is 5.44. The topological polar surface area (TPSA) is 0 Å². The Morgan fingerprint density at radius 3 is 1.62 bits per heavy atom. The van der Waals surface area contributed by atoms with Crippen molar-refractivity contribution in [2.45, 2.75) is 78.6 Å². The van der Waals surface area contributed by atoms with Crippen LogP contribution in [-0.4, -0.2) is 0 Å². The van der Waals surface area contributed by atoms with Crippen LogP contribution < -0.4 is 0 Å². The first-order valence-electron chi connectivity index (χ1n) is 13.5. The summed E-state index contributed by atoms with van der Waals surface area (Å²) in [5, 5.41) is 2.82. The zero-order valence-electron chi connectivity index (χ0n) is 23.9. The average molecular weight is 505 g/mol. The Bertz CT molecular complexity index is 1560. The summed E-state index contributed by atoms with van der Waals surface area (Å²) in [7, 11) is 0. The molecule has 0 unspecified atom stereocenters. The maximum absolute atomic E-state index is 2.44. The van der Waals surface area contributed by atoms with E-state index in [-0.39, 0.29) is 16.2 Å². The lowest BCUT2D eigenvalue weighted by Gasteiger charge is -2.27. The van der Waals surface area contributed by atoms with Gasteiger partial charge in [-0.1, -0.05) is 129 Å². The van der Waals surface area contributed by atoms with Crippen molar-refractivity contribution in [2.24, 2.45) is 0 Å². The van der Waals surface area contributed by atoms with Gasteiger partial charge in [-0.15, -0.1) is 11.3 Å². The normalized spacial score (nSPS) is 13.0. The standard InChI is InChI=1S/C36H40S/c1-34(2,3)25-20-24(21-26(22-25)35(4,5)6)27-16-13-17-29-31(27)32-30(37-29)19-18-28(33(32)36(7,8)9)23-14-11-10-12-15-23/h10-22H,1-9H3. The molecule has 0 aliphatic carbocycles. The number of benzene rings is 4. The number of hydrogen-bond acceptors (Lipinski definition) is 1. The maximum atomic E-state index is 2.44. The van der Waals surface area contributed by atoms with E-state index in [1.54, 1.807) is 0 Å². The Kier molecular flexibility index (Phi) is 6.15. The second-order valence-corrected chi connectivity index (χ2v) is 14.6. The molecule has 0 nitrogen and oxygen atoms in total. The predicted octanol–water partition coefficient (Wildman–Crippen LogP) is 11.3. The highest BCUT2D eigenvalue weighted by atomic mass is 32.1. The fraction of sp³-hybridized carbons (Fsp3) is 0.333. The summed E-state index contributed by atoms with van der Waals surface area (Å²) in [4.78, 5) is 0. The lowest BCUT2D eigenvalue weighted by atomic mass is 9.77. The molecule has 0 aliphatic rings. The summed E-state index contributed by atoms with van der Waals surface area (Å²) in [6.45, 7) is 21.0. The molecule has 0 amide bonds. The zero-order valence-corrected chi connectivity index (χ0v) is 24.7. The van der Waals surface area contributed by atoms with Crippen molar-refractivity contribution in [3.63, 3.8) is 0 Å². The van der Waals surface area contributed by atoms with E-state index in [1.165, 1.54) is 59.1 Å². The minimum atomic E-state index is -0.00434. The molecule has 5 aromatic rings. The Labute approximate surface area is 227 Å². The molecule has 1 aromatic heterocycles. The van der Waals surface area contributed by atoms with E-state index in [2.05, 4.69) is 141 Å². The lowest BCUT2D eigenvalue weighted by molar-refractivity contribution is 0.569. The second-order valence-electron chi connectivity index (χ2n) is 13.6. The lowest BCUT2D eigenvalue weighted by Crippen LogP contribution is -2.16. The van der Waals surface area contributed by atoms with E-state index in [1.807, 2.05) is 11.3 Å². The molecule has 1 heteroatoms. The van der Waals surface area contributed by atoms with Gasteiger partial charge >= 0.3 is 0 Å². The Balaban J connectivity index is 1.92. The Morgan fingerprint density at radius 2 is 1.05 bits per heavy atom. The summed E-state index contributed by atoms with van der Waals surface area (Å²) in [6.07, 6.45) is 0. The quantitative estimate of drug-likeness (QED) is 0.224. The molecular weight excluding hydrogens is 464 g/mol. The van der Waals surface area contributed by atoms with Crippen molar-refractivity contribution in [1.82, 2.24) is 0 Å². The largest absolute Gasteiger partial charge is 0.135 e. The van der Waals surface area contributed by atoms with Crippen LogP contribution in [0.4, 0.5) is 0 Å². The molecule has 0 aliphatic heterocycles. The molecule has 0 fully saturated rings. The SMILES string of the molecule is CC(C)(C)c1cc(-c2cccc3sc4ccc(-c5ccccc5)c(C(C)(C)C)c4c23)cc(C(C)(C)C)c1. The Morgan fingerprint density at radius 1 is 0.459 bits per heavy atom. The van der Waals surface area contributed by atoms with Gasteiger partial charge in [0.25, 0.3) is 0 Å². The van der Waals surface area contributed by atoms with Crippen LogP contribution in [0.25, 0.3) is 42.4 Å². The zero-order chi connectivity index (χ0) is 26.8. The third-order valence-corrected chi connectivity index (χ3v) is 8.59. The minimum absolute atomic E-state index is 0.00434. The first kappa shape index (κ1) is 25.7. The number of fused-ring (bicyclic) bond motifs is 3. The van der Waals surface area contributed by atoms with Crippen LogP contribution in [0.3, 0.4) is 0 Å². The third kappa shape index (κ3) is 4.75. The van der Waals surface area contributed by atoms with Gasteiger partial charge in [-0.3, -0.25) is 0 Å². The molecule has 0 atom stereocenters. The van der Waals surface area contributed by atoms with Crippen LogP contribution in [0, 0.1) is 0 Å². The van der Waals surface area contributed by atoms with Crippen LogP contribution in [0.2, 0.25) is 0 Å². The van der Waals surface area contributed by atoms with Gasteiger partial charge in [0.1, 0.15) is 0 Å². The summed E-state index contributed by atoms with van der Waals surface area (Å²) in [5.74, 6) is 0. The monoisotopic (exact) mass is 504 g/mol. The highest BCUT2D eigenvalue weighted by Gasteiger charge is 2.26. The molecule has 0 saturated carbocycles. The summed E-state index contributed by atoms with van der Waals surface area (Å²) in [6, 6.07) is 29.7. The van der Waals surface area contributed by atoms with Crippen LogP contribution >= 0.6 is 11.3 Å².